The van der Waals surface area contributed by atoms with Crippen LogP contribution in [-0.4, -0.2) is 37.3 Å². The number of hydrogen-bond acceptors (Lipinski definition) is 5. The molecule has 2 rings (SSSR count). The molecule has 1 unspecified atom stereocenters. The van der Waals surface area contributed by atoms with Crippen LogP contribution in [0.25, 0.3) is 0 Å². The Morgan fingerprint density at radius 3 is 2.42 bits per heavy atom. The Morgan fingerprint density at radius 2 is 1.81 bits per heavy atom. The molecule has 0 bridgehead atoms. The summed E-state index contributed by atoms with van der Waals surface area (Å²) in [6.07, 6.45) is -1.36. The molecule has 0 aromatic heterocycles. The van der Waals surface area contributed by atoms with Crippen molar-refractivity contribution < 1.29 is 19.4 Å². The molecule has 6 nitrogen and oxygen atoms in total. The number of nitrogens with one attached hydrogen (secondary N) is 1. The highest BCUT2D eigenvalue weighted by Crippen LogP contribution is 2.28. The molecule has 0 spiro atoms. The maximum atomic E-state index is 12.2. The van der Waals surface area contributed by atoms with Gasteiger partial charge in [-0.1, -0.05) is 35.3 Å². The van der Waals surface area contributed by atoms with E-state index >= 15 is 0 Å². The number of ether oxygens (including phenoxy) is 2. The van der Waals surface area contributed by atoms with E-state index in [-0.39, 0.29) is 5.02 Å². The molecule has 0 saturated heterocycles. The van der Waals surface area contributed by atoms with Gasteiger partial charge in [0.1, 0.15) is 0 Å². The number of amides is 1. The number of hydrogen-bond donors (Lipinski definition) is 2. The minimum absolute atomic E-state index is 0.273. The number of rotatable bonds is 7. The van der Waals surface area contributed by atoms with Crippen LogP contribution >= 0.6 is 23.2 Å². The van der Waals surface area contributed by atoms with E-state index in [0.717, 1.165) is 5.56 Å². The summed E-state index contributed by atoms with van der Waals surface area (Å²) in [6.45, 7) is 0.403. The van der Waals surface area contributed by atoms with Crippen molar-refractivity contribution in [3.8, 4) is 11.5 Å². The number of benzene rings is 2. The summed E-state index contributed by atoms with van der Waals surface area (Å²) in [5.74, 6) is 0.643. The minimum atomic E-state index is -1.36. The highest BCUT2D eigenvalue weighted by Gasteiger charge is 2.19. The fourth-order valence-corrected chi connectivity index (χ4v) is 2.68. The van der Waals surface area contributed by atoms with Crippen molar-refractivity contribution in [2.75, 3.05) is 21.3 Å². The van der Waals surface area contributed by atoms with Crippen molar-refractivity contribution in [2.24, 2.45) is 0 Å². The zero-order chi connectivity index (χ0) is 19.3. The monoisotopic (exact) mass is 398 g/mol. The largest absolute Gasteiger partial charge is 0.493 e. The molecule has 140 valence electrons. The minimum Gasteiger partial charge on any atom is -0.493 e. The first-order valence-corrected chi connectivity index (χ1v) is 8.46. The molecule has 26 heavy (non-hydrogen) atoms. The van der Waals surface area contributed by atoms with Gasteiger partial charge in [-0.05, 0) is 35.4 Å². The first-order valence-electron chi connectivity index (χ1n) is 7.71. The quantitative estimate of drug-likeness (QED) is 0.700. The van der Waals surface area contributed by atoms with Crippen molar-refractivity contribution in [3.05, 3.63) is 57.6 Å². The molecule has 2 aromatic rings. The van der Waals surface area contributed by atoms with Gasteiger partial charge < -0.3 is 14.6 Å². The Morgan fingerprint density at radius 1 is 1.12 bits per heavy atom. The van der Waals surface area contributed by atoms with Gasteiger partial charge in [0, 0.05) is 13.6 Å². The van der Waals surface area contributed by atoms with Crippen molar-refractivity contribution >= 4 is 29.1 Å². The van der Waals surface area contributed by atoms with Gasteiger partial charge in [0.15, 0.2) is 17.6 Å². The molecule has 0 aliphatic carbocycles. The SMILES string of the molecule is COc1ccc(CN(C)NC(=O)C(O)c2ccc(Cl)c(Cl)c2)cc1OC. The van der Waals surface area contributed by atoms with Gasteiger partial charge in [0.05, 0.1) is 24.3 Å². The van der Waals surface area contributed by atoms with Crippen molar-refractivity contribution in [3.63, 3.8) is 0 Å². The van der Waals surface area contributed by atoms with Gasteiger partial charge in [-0.15, -0.1) is 0 Å². The zero-order valence-electron chi connectivity index (χ0n) is 14.6. The fraction of sp³-hybridized carbons (Fsp3) is 0.278. The van der Waals surface area contributed by atoms with Gasteiger partial charge in [0.2, 0.25) is 0 Å². The lowest BCUT2D eigenvalue weighted by atomic mass is 10.1. The normalized spacial score (nSPS) is 12.0. The van der Waals surface area contributed by atoms with E-state index in [0.29, 0.717) is 28.6 Å². The molecule has 8 heteroatoms. The third-order valence-corrected chi connectivity index (χ3v) is 4.42. The van der Waals surface area contributed by atoms with Gasteiger partial charge >= 0.3 is 0 Å². The molecule has 2 N–H and O–H groups in total. The number of aliphatic hydroxyl groups is 1. The number of aliphatic hydroxyl groups excluding tert-OH is 1. The van der Waals surface area contributed by atoms with E-state index in [9.17, 15) is 9.90 Å². The predicted octanol–water partition coefficient (Wildman–Crippen LogP) is 3.21. The van der Waals surface area contributed by atoms with Crippen LogP contribution < -0.4 is 14.9 Å². The van der Waals surface area contributed by atoms with Crippen LogP contribution in [0, 0.1) is 0 Å². The van der Waals surface area contributed by atoms with Crippen molar-refractivity contribution in [2.45, 2.75) is 12.6 Å². The topological polar surface area (TPSA) is 71.0 Å². The molecule has 1 atom stereocenters. The number of methoxy groups -OCH3 is 2. The van der Waals surface area contributed by atoms with Crippen LogP contribution in [0.1, 0.15) is 17.2 Å². The molecule has 0 aliphatic rings. The average molecular weight is 399 g/mol. The Kier molecular flexibility index (Phi) is 7.11. The molecular weight excluding hydrogens is 379 g/mol. The average Bonchev–Trinajstić information content (AvgIpc) is 2.63. The second-order valence-corrected chi connectivity index (χ2v) is 6.41. The molecule has 1 amide bonds. The summed E-state index contributed by atoms with van der Waals surface area (Å²) < 4.78 is 10.5. The molecule has 0 heterocycles. The Balaban J connectivity index is 2.01. The van der Waals surface area contributed by atoms with E-state index < -0.39 is 12.0 Å². The lowest BCUT2D eigenvalue weighted by molar-refractivity contribution is -0.134. The molecule has 0 fully saturated rings. The summed E-state index contributed by atoms with van der Waals surface area (Å²) in [6, 6.07) is 10.0. The lowest BCUT2D eigenvalue weighted by Gasteiger charge is -2.21. The fourth-order valence-electron chi connectivity index (χ4n) is 2.38. The van der Waals surface area contributed by atoms with Gasteiger partial charge in [-0.25, -0.2) is 5.01 Å². The van der Waals surface area contributed by atoms with E-state index in [4.69, 9.17) is 32.7 Å². The highest BCUT2D eigenvalue weighted by molar-refractivity contribution is 6.42. The molecule has 2 aromatic carbocycles. The number of carbonyl (C=O) groups excluding carboxylic acids is 1. The van der Waals surface area contributed by atoms with Crippen LogP contribution in [0.3, 0.4) is 0 Å². The standard InChI is InChI=1S/C18H20Cl2N2O4/c1-22(10-11-4-7-15(25-2)16(8-11)26-3)21-18(24)17(23)12-5-6-13(19)14(20)9-12/h4-9,17,23H,10H2,1-3H3,(H,21,24). The number of carbonyl (C=O) groups is 1. The number of hydrazine groups is 1. The maximum absolute atomic E-state index is 12.2. The van der Waals surface area contributed by atoms with Crippen molar-refractivity contribution in [1.82, 2.24) is 10.4 Å². The van der Waals surface area contributed by atoms with Gasteiger partial charge in [-0.3, -0.25) is 10.2 Å². The maximum Gasteiger partial charge on any atom is 0.267 e. The summed E-state index contributed by atoms with van der Waals surface area (Å²) in [5, 5.41) is 12.4. The van der Waals surface area contributed by atoms with Crippen LogP contribution in [0.4, 0.5) is 0 Å². The highest BCUT2D eigenvalue weighted by atomic mass is 35.5. The van der Waals surface area contributed by atoms with Gasteiger partial charge in [0.25, 0.3) is 5.91 Å². The van der Waals surface area contributed by atoms with Gasteiger partial charge in [-0.2, -0.15) is 0 Å². The zero-order valence-corrected chi connectivity index (χ0v) is 16.1. The lowest BCUT2D eigenvalue weighted by Crippen LogP contribution is -2.41. The summed E-state index contributed by atoms with van der Waals surface area (Å²) in [5.41, 5.74) is 3.88. The smallest absolute Gasteiger partial charge is 0.267 e. The Bertz CT molecular complexity index is 786. The van der Waals surface area contributed by atoms with E-state index in [1.54, 1.807) is 38.4 Å². The molecule has 0 radical (unpaired) electrons. The Labute approximate surface area is 162 Å². The van der Waals surface area contributed by atoms with E-state index in [1.165, 1.54) is 12.1 Å². The number of halogens is 2. The third kappa shape index (κ3) is 5.02. The predicted molar refractivity (Wildman–Crippen MR) is 101 cm³/mol. The second-order valence-electron chi connectivity index (χ2n) is 5.60. The van der Waals surface area contributed by atoms with Crippen LogP contribution in [0.5, 0.6) is 11.5 Å². The first-order chi connectivity index (χ1) is 12.3. The number of nitrogens with zero attached hydrogens (tertiary/aromatic N) is 1. The molecular formula is C18H20Cl2N2O4. The van der Waals surface area contributed by atoms with Crippen LogP contribution in [0.2, 0.25) is 10.0 Å². The molecule has 0 saturated carbocycles. The van der Waals surface area contributed by atoms with E-state index in [1.807, 2.05) is 12.1 Å². The summed E-state index contributed by atoms with van der Waals surface area (Å²) in [7, 11) is 4.81. The van der Waals surface area contributed by atoms with Crippen molar-refractivity contribution in [1.29, 1.82) is 0 Å². The van der Waals surface area contributed by atoms with E-state index in [2.05, 4.69) is 5.43 Å². The van der Waals surface area contributed by atoms with Crippen LogP contribution in [0.15, 0.2) is 36.4 Å². The second kappa shape index (κ2) is 9.09. The Hall–Kier alpha value is -1.99. The summed E-state index contributed by atoms with van der Waals surface area (Å²) in [4.78, 5) is 12.2. The summed E-state index contributed by atoms with van der Waals surface area (Å²) >= 11 is 11.8. The third-order valence-electron chi connectivity index (χ3n) is 3.68. The van der Waals surface area contributed by atoms with Crippen LogP contribution in [-0.2, 0) is 11.3 Å². The molecule has 0 aliphatic heterocycles. The first kappa shape index (κ1) is 20.3.